The number of benzene rings is 2. The van der Waals surface area contributed by atoms with Gasteiger partial charge in [-0.25, -0.2) is 0 Å². The van der Waals surface area contributed by atoms with Crippen LogP contribution in [0.25, 0.3) is 0 Å². The molecule has 2 nitrogen and oxygen atoms in total. The summed E-state index contributed by atoms with van der Waals surface area (Å²) >= 11 is 0. The van der Waals surface area contributed by atoms with Gasteiger partial charge in [0, 0.05) is 0 Å². The largest absolute Gasteiger partial charge is 0.491 e. The zero-order chi connectivity index (χ0) is 13.2. The zero-order valence-electron chi connectivity index (χ0n) is 11.3. The van der Waals surface area contributed by atoms with Crippen LogP contribution in [0.15, 0.2) is 48.5 Å². The highest BCUT2D eigenvalue weighted by molar-refractivity contribution is 5.33. The molecule has 0 N–H and O–H groups in total. The van der Waals surface area contributed by atoms with Crippen LogP contribution in [0.2, 0.25) is 0 Å². The Morgan fingerprint density at radius 2 is 1.68 bits per heavy atom. The van der Waals surface area contributed by atoms with Crippen molar-refractivity contribution in [3.8, 4) is 5.75 Å². The quantitative estimate of drug-likeness (QED) is 0.774. The van der Waals surface area contributed by atoms with E-state index in [2.05, 4.69) is 44.2 Å². The van der Waals surface area contributed by atoms with E-state index in [-0.39, 0.29) is 12.2 Å². The normalized spacial score (nSPS) is 21.2. The summed E-state index contributed by atoms with van der Waals surface area (Å²) in [6, 6.07) is 16.6. The lowest BCUT2D eigenvalue weighted by molar-refractivity contribution is 0.260. The van der Waals surface area contributed by atoms with Crippen molar-refractivity contribution in [2.45, 2.75) is 26.1 Å². The molecule has 1 heterocycles. The first kappa shape index (κ1) is 12.2. The minimum atomic E-state index is 0.184. The van der Waals surface area contributed by atoms with E-state index in [9.17, 15) is 0 Å². The highest BCUT2D eigenvalue weighted by Crippen LogP contribution is 2.38. The summed E-state index contributed by atoms with van der Waals surface area (Å²) in [5, 5.41) is 0. The van der Waals surface area contributed by atoms with Crippen LogP contribution in [-0.4, -0.2) is 12.7 Å². The minimum absolute atomic E-state index is 0.184. The number of aryl methyl sites for hydroxylation is 2. The number of hydrogen-bond donors (Lipinski definition) is 0. The van der Waals surface area contributed by atoms with E-state index >= 15 is 0 Å². The van der Waals surface area contributed by atoms with Gasteiger partial charge in [0.05, 0.1) is 0 Å². The SMILES string of the molecule is Cc1cc(C)cc(OC[C@H]2O[C@@H]2c2ccccc2)c1. The summed E-state index contributed by atoms with van der Waals surface area (Å²) in [4.78, 5) is 0. The molecule has 0 saturated carbocycles. The second kappa shape index (κ2) is 5.06. The maximum Gasteiger partial charge on any atom is 0.123 e. The van der Waals surface area contributed by atoms with Crippen LogP contribution in [-0.2, 0) is 4.74 Å². The van der Waals surface area contributed by atoms with Gasteiger partial charge in [0.2, 0.25) is 0 Å². The van der Waals surface area contributed by atoms with E-state index in [0.29, 0.717) is 6.61 Å². The average molecular weight is 254 g/mol. The molecule has 0 aromatic heterocycles. The second-order valence-corrected chi connectivity index (χ2v) is 5.14. The Labute approximate surface area is 114 Å². The van der Waals surface area contributed by atoms with Crippen LogP contribution in [0.3, 0.4) is 0 Å². The van der Waals surface area contributed by atoms with Gasteiger partial charge < -0.3 is 9.47 Å². The maximum atomic E-state index is 5.82. The smallest absolute Gasteiger partial charge is 0.123 e. The Bertz CT molecular complexity index is 542. The number of rotatable bonds is 4. The average Bonchev–Trinajstić information content (AvgIpc) is 3.16. The molecule has 0 aliphatic carbocycles. The fraction of sp³-hybridized carbons (Fsp3) is 0.294. The monoisotopic (exact) mass is 254 g/mol. The third-order valence-electron chi connectivity index (χ3n) is 3.32. The first-order chi connectivity index (χ1) is 9.22. The highest BCUT2D eigenvalue weighted by atomic mass is 16.6. The number of epoxide rings is 1. The van der Waals surface area contributed by atoms with Gasteiger partial charge in [-0.05, 0) is 42.7 Å². The fourth-order valence-electron chi connectivity index (χ4n) is 2.40. The molecule has 98 valence electrons. The standard InChI is InChI=1S/C17H18O2/c1-12-8-13(2)10-15(9-12)18-11-16-17(19-16)14-6-4-3-5-7-14/h3-10,16-17H,11H2,1-2H3/t16-,17-/m1/s1. The molecule has 2 heteroatoms. The van der Waals surface area contributed by atoms with E-state index in [1.807, 2.05) is 18.2 Å². The molecule has 19 heavy (non-hydrogen) atoms. The van der Waals surface area contributed by atoms with Gasteiger partial charge in [-0.1, -0.05) is 36.4 Å². The molecule has 0 amide bonds. The molecule has 3 rings (SSSR count). The van der Waals surface area contributed by atoms with Gasteiger partial charge >= 0.3 is 0 Å². The molecule has 0 spiro atoms. The van der Waals surface area contributed by atoms with Crippen LogP contribution in [0.4, 0.5) is 0 Å². The third-order valence-corrected chi connectivity index (χ3v) is 3.32. The summed E-state index contributed by atoms with van der Waals surface area (Å²) in [6.45, 7) is 4.78. The molecule has 1 aliphatic rings. The van der Waals surface area contributed by atoms with E-state index in [1.165, 1.54) is 16.7 Å². The van der Waals surface area contributed by atoms with E-state index < -0.39 is 0 Å². The Morgan fingerprint density at radius 1 is 1.00 bits per heavy atom. The van der Waals surface area contributed by atoms with Gasteiger partial charge in [-0.3, -0.25) is 0 Å². The van der Waals surface area contributed by atoms with Crippen molar-refractivity contribution in [2.75, 3.05) is 6.61 Å². The molecule has 2 atom stereocenters. The predicted molar refractivity (Wildman–Crippen MR) is 75.5 cm³/mol. The molecule has 0 unspecified atom stereocenters. The summed E-state index contributed by atoms with van der Waals surface area (Å²) in [5.74, 6) is 0.930. The predicted octanol–water partition coefficient (Wildman–Crippen LogP) is 3.82. The van der Waals surface area contributed by atoms with Crippen molar-refractivity contribution >= 4 is 0 Å². The van der Waals surface area contributed by atoms with E-state index in [0.717, 1.165) is 5.75 Å². The summed E-state index contributed by atoms with van der Waals surface area (Å²) < 4.78 is 11.5. The molecule has 0 bridgehead atoms. The number of ether oxygens (including phenoxy) is 2. The Balaban J connectivity index is 1.57. The van der Waals surface area contributed by atoms with E-state index in [4.69, 9.17) is 9.47 Å². The van der Waals surface area contributed by atoms with Crippen LogP contribution < -0.4 is 4.74 Å². The van der Waals surface area contributed by atoms with Crippen LogP contribution in [0.5, 0.6) is 5.75 Å². The first-order valence-electron chi connectivity index (χ1n) is 6.64. The summed E-state index contributed by atoms with van der Waals surface area (Å²) in [5.41, 5.74) is 3.69. The Hall–Kier alpha value is -1.80. The van der Waals surface area contributed by atoms with E-state index in [1.54, 1.807) is 0 Å². The topological polar surface area (TPSA) is 21.8 Å². The molecule has 1 aliphatic heterocycles. The molecule has 2 aromatic rings. The van der Waals surface area contributed by atoms with Gasteiger partial charge in [-0.15, -0.1) is 0 Å². The molecule has 1 saturated heterocycles. The fourth-order valence-corrected chi connectivity index (χ4v) is 2.40. The van der Waals surface area contributed by atoms with Crippen LogP contribution >= 0.6 is 0 Å². The number of hydrogen-bond acceptors (Lipinski definition) is 2. The molecular formula is C17H18O2. The van der Waals surface area contributed by atoms with Crippen molar-refractivity contribution < 1.29 is 9.47 Å². The zero-order valence-corrected chi connectivity index (χ0v) is 11.3. The highest BCUT2D eigenvalue weighted by Gasteiger charge is 2.40. The maximum absolute atomic E-state index is 5.82. The van der Waals surface area contributed by atoms with Crippen LogP contribution in [0, 0.1) is 13.8 Å². The van der Waals surface area contributed by atoms with Crippen molar-refractivity contribution in [3.05, 3.63) is 65.2 Å². The van der Waals surface area contributed by atoms with Crippen molar-refractivity contribution in [3.63, 3.8) is 0 Å². The lowest BCUT2D eigenvalue weighted by atomic mass is 10.1. The Morgan fingerprint density at radius 3 is 2.37 bits per heavy atom. The lowest BCUT2D eigenvalue weighted by Gasteiger charge is -2.06. The van der Waals surface area contributed by atoms with Crippen molar-refractivity contribution in [1.82, 2.24) is 0 Å². The molecule has 0 radical (unpaired) electrons. The molecule has 2 aromatic carbocycles. The Kier molecular flexibility index (Phi) is 3.26. The summed E-state index contributed by atoms with van der Waals surface area (Å²) in [6.07, 6.45) is 0.385. The van der Waals surface area contributed by atoms with Gasteiger partial charge in [0.25, 0.3) is 0 Å². The lowest BCUT2D eigenvalue weighted by Crippen LogP contribution is -2.05. The molecular weight excluding hydrogens is 236 g/mol. The molecule has 1 fully saturated rings. The van der Waals surface area contributed by atoms with Crippen molar-refractivity contribution in [1.29, 1.82) is 0 Å². The van der Waals surface area contributed by atoms with Gasteiger partial charge in [0.1, 0.15) is 24.6 Å². The van der Waals surface area contributed by atoms with Crippen LogP contribution in [0.1, 0.15) is 22.8 Å². The minimum Gasteiger partial charge on any atom is -0.491 e. The second-order valence-electron chi connectivity index (χ2n) is 5.14. The summed E-state index contributed by atoms with van der Waals surface area (Å²) in [7, 11) is 0. The van der Waals surface area contributed by atoms with Gasteiger partial charge in [-0.2, -0.15) is 0 Å². The third kappa shape index (κ3) is 2.96. The first-order valence-corrected chi connectivity index (χ1v) is 6.64. The van der Waals surface area contributed by atoms with Crippen molar-refractivity contribution in [2.24, 2.45) is 0 Å². The van der Waals surface area contributed by atoms with Gasteiger partial charge in [0.15, 0.2) is 0 Å².